The summed E-state index contributed by atoms with van der Waals surface area (Å²) >= 11 is 11.5. The largest absolute Gasteiger partial charge is 0.447 e. The van der Waals surface area contributed by atoms with Crippen LogP contribution in [0.5, 0.6) is 11.5 Å². The van der Waals surface area contributed by atoms with Gasteiger partial charge in [0.2, 0.25) is 5.75 Å². The Bertz CT molecular complexity index is 736. The molecule has 108 valence electrons. The Morgan fingerprint density at radius 1 is 1.14 bits per heavy atom. The van der Waals surface area contributed by atoms with Crippen LogP contribution in [0, 0.1) is 15.9 Å². The quantitative estimate of drug-likeness (QED) is 0.465. The number of nitro benzene ring substituents is 1. The average Bonchev–Trinajstić information content (AvgIpc) is 2.44. The molecule has 0 radical (unpaired) electrons. The lowest BCUT2D eigenvalue weighted by atomic mass is 10.2. The predicted molar refractivity (Wildman–Crippen MR) is 75.0 cm³/mol. The molecule has 2 rings (SSSR count). The van der Waals surface area contributed by atoms with E-state index in [1.807, 2.05) is 0 Å². The summed E-state index contributed by atoms with van der Waals surface area (Å²) in [7, 11) is 0. The Labute approximate surface area is 128 Å². The fourth-order valence-corrected chi connectivity index (χ4v) is 1.85. The number of carbonyl (C=O) groups excluding carboxylic acids is 1. The van der Waals surface area contributed by atoms with Gasteiger partial charge in [-0.3, -0.25) is 14.9 Å². The molecule has 0 saturated carbocycles. The van der Waals surface area contributed by atoms with Crippen molar-refractivity contribution in [2.45, 2.75) is 0 Å². The van der Waals surface area contributed by atoms with Gasteiger partial charge in [-0.2, -0.15) is 0 Å². The monoisotopic (exact) mass is 329 g/mol. The van der Waals surface area contributed by atoms with Gasteiger partial charge in [0.1, 0.15) is 6.29 Å². The van der Waals surface area contributed by atoms with Crippen molar-refractivity contribution in [1.82, 2.24) is 0 Å². The maximum atomic E-state index is 13.7. The van der Waals surface area contributed by atoms with Gasteiger partial charge < -0.3 is 4.74 Å². The van der Waals surface area contributed by atoms with Crippen molar-refractivity contribution in [2.75, 3.05) is 0 Å². The Morgan fingerprint density at radius 2 is 1.81 bits per heavy atom. The van der Waals surface area contributed by atoms with Crippen molar-refractivity contribution in [3.8, 4) is 11.5 Å². The van der Waals surface area contributed by atoms with Crippen molar-refractivity contribution >= 4 is 35.2 Å². The molecule has 0 aliphatic rings. The first kappa shape index (κ1) is 15.2. The fraction of sp³-hybridized carbons (Fsp3) is 0. The summed E-state index contributed by atoms with van der Waals surface area (Å²) < 4.78 is 18.9. The topological polar surface area (TPSA) is 69.4 Å². The Morgan fingerprint density at radius 3 is 2.38 bits per heavy atom. The second-order valence-electron chi connectivity index (χ2n) is 3.90. The molecule has 0 atom stereocenters. The first-order valence-corrected chi connectivity index (χ1v) is 6.24. The number of nitro groups is 1. The molecule has 0 fully saturated rings. The predicted octanol–water partition coefficient (Wildman–Crippen LogP) is 4.65. The van der Waals surface area contributed by atoms with Crippen LogP contribution in [-0.4, -0.2) is 11.2 Å². The zero-order valence-corrected chi connectivity index (χ0v) is 11.7. The molecule has 0 aliphatic carbocycles. The van der Waals surface area contributed by atoms with E-state index in [2.05, 4.69) is 0 Å². The summed E-state index contributed by atoms with van der Waals surface area (Å²) in [4.78, 5) is 20.7. The highest BCUT2D eigenvalue weighted by molar-refractivity contribution is 6.42. The number of halogens is 3. The summed E-state index contributed by atoms with van der Waals surface area (Å²) in [6.45, 7) is 0. The molecule has 0 unspecified atom stereocenters. The minimum absolute atomic E-state index is 0.0208. The van der Waals surface area contributed by atoms with Gasteiger partial charge in [-0.05, 0) is 18.2 Å². The van der Waals surface area contributed by atoms with Gasteiger partial charge in [-0.25, -0.2) is 4.39 Å². The lowest BCUT2D eigenvalue weighted by Gasteiger charge is -2.08. The first-order valence-electron chi connectivity index (χ1n) is 5.48. The van der Waals surface area contributed by atoms with Crippen LogP contribution in [0.3, 0.4) is 0 Å². The maximum Gasteiger partial charge on any atom is 0.313 e. The highest BCUT2D eigenvalue weighted by Gasteiger charge is 2.20. The van der Waals surface area contributed by atoms with E-state index in [1.165, 1.54) is 12.1 Å². The van der Waals surface area contributed by atoms with E-state index in [0.29, 0.717) is 6.29 Å². The van der Waals surface area contributed by atoms with Gasteiger partial charge in [-0.15, -0.1) is 0 Å². The standard InChI is InChI=1S/C13H6Cl2FNO4/c14-8-4-11(17(19)20)13(5-9(8)15)21-12-2-1-7(6-18)3-10(12)16/h1-6H. The average molecular weight is 330 g/mol. The number of rotatable bonds is 4. The van der Waals surface area contributed by atoms with E-state index in [9.17, 15) is 19.3 Å². The zero-order chi connectivity index (χ0) is 15.6. The maximum absolute atomic E-state index is 13.7. The summed E-state index contributed by atoms with van der Waals surface area (Å²) in [5, 5.41) is 11.0. The van der Waals surface area contributed by atoms with Crippen molar-refractivity contribution in [1.29, 1.82) is 0 Å². The molecular weight excluding hydrogens is 324 g/mol. The van der Waals surface area contributed by atoms with Crippen molar-refractivity contribution in [3.63, 3.8) is 0 Å². The lowest BCUT2D eigenvalue weighted by Crippen LogP contribution is -1.96. The molecule has 0 bridgehead atoms. The van der Waals surface area contributed by atoms with Crippen LogP contribution < -0.4 is 4.74 Å². The molecular formula is C13H6Cl2FNO4. The van der Waals surface area contributed by atoms with E-state index < -0.39 is 16.4 Å². The molecule has 0 heterocycles. The Hall–Kier alpha value is -2.18. The van der Waals surface area contributed by atoms with Crippen LogP contribution in [0.2, 0.25) is 10.0 Å². The van der Waals surface area contributed by atoms with Gasteiger partial charge in [0.05, 0.1) is 15.0 Å². The van der Waals surface area contributed by atoms with Crippen LogP contribution in [0.4, 0.5) is 10.1 Å². The molecule has 0 aromatic heterocycles. The molecule has 0 saturated heterocycles. The highest BCUT2D eigenvalue weighted by Crippen LogP contribution is 2.38. The molecule has 8 heteroatoms. The number of nitrogens with zero attached hydrogens (tertiary/aromatic N) is 1. The van der Waals surface area contributed by atoms with Crippen LogP contribution in [0.1, 0.15) is 10.4 Å². The number of hydrogen-bond acceptors (Lipinski definition) is 4. The third kappa shape index (κ3) is 3.29. The summed E-state index contributed by atoms with van der Waals surface area (Å²) in [5.74, 6) is -1.37. The Kier molecular flexibility index (Phi) is 4.40. The van der Waals surface area contributed by atoms with E-state index in [1.54, 1.807) is 0 Å². The summed E-state index contributed by atoms with van der Waals surface area (Å²) in [5.41, 5.74) is -0.341. The van der Waals surface area contributed by atoms with E-state index in [0.717, 1.165) is 18.2 Å². The smallest absolute Gasteiger partial charge is 0.313 e. The molecule has 0 spiro atoms. The minimum Gasteiger partial charge on any atom is -0.447 e. The molecule has 2 aromatic rings. The highest BCUT2D eigenvalue weighted by atomic mass is 35.5. The molecule has 0 amide bonds. The number of hydrogen-bond donors (Lipinski definition) is 0. The van der Waals surface area contributed by atoms with Crippen molar-refractivity contribution < 1.29 is 18.8 Å². The number of aldehydes is 1. The SMILES string of the molecule is O=Cc1ccc(Oc2cc(Cl)c(Cl)cc2[N+](=O)[O-])c(F)c1. The van der Waals surface area contributed by atoms with Gasteiger partial charge in [-0.1, -0.05) is 23.2 Å². The fourth-order valence-electron chi connectivity index (χ4n) is 1.53. The summed E-state index contributed by atoms with van der Waals surface area (Å²) in [6, 6.07) is 5.58. The van der Waals surface area contributed by atoms with Crippen LogP contribution in [-0.2, 0) is 0 Å². The van der Waals surface area contributed by atoms with E-state index in [4.69, 9.17) is 27.9 Å². The molecule has 0 N–H and O–H groups in total. The van der Waals surface area contributed by atoms with Gasteiger partial charge in [0.25, 0.3) is 0 Å². The third-order valence-electron chi connectivity index (χ3n) is 2.51. The second-order valence-corrected chi connectivity index (χ2v) is 4.72. The molecule has 0 aliphatic heterocycles. The van der Waals surface area contributed by atoms with Gasteiger partial charge in [0.15, 0.2) is 11.6 Å². The third-order valence-corrected chi connectivity index (χ3v) is 3.23. The van der Waals surface area contributed by atoms with Crippen molar-refractivity contribution in [2.24, 2.45) is 0 Å². The van der Waals surface area contributed by atoms with Crippen molar-refractivity contribution in [3.05, 3.63) is 61.9 Å². The van der Waals surface area contributed by atoms with E-state index in [-0.39, 0.29) is 27.1 Å². The minimum atomic E-state index is -0.833. The zero-order valence-electron chi connectivity index (χ0n) is 10.2. The van der Waals surface area contributed by atoms with Gasteiger partial charge in [0, 0.05) is 17.7 Å². The number of carbonyl (C=O) groups is 1. The van der Waals surface area contributed by atoms with Crippen LogP contribution >= 0.6 is 23.2 Å². The molecule has 21 heavy (non-hydrogen) atoms. The van der Waals surface area contributed by atoms with Crippen LogP contribution in [0.25, 0.3) is 0 Å². The van der Waals surface area contributed by atoms with Gasteiger partial charge >= 0.3 is 5.69 Å². The van der Waals surface area contributed by atoms with E-state index >= 15 is 0 Å². The number of benzene rings is 2. The second kappa shape index (κ2) is 6.07. The summed E-state index contributed by atoms with van der Waals surface area (Å²) in [6.07, 6.45) is 0.467. The van der Waals surface area contributed by atoms with Crippen LogP contribution in [0.15, 0.2) is 30.3 Å². The first-order chi connectivity index (χ1) is 9.92. The lowest BCUT2D eigenvalue weighted by molar-refractivity contribution is -0.385. The number of ether oxygens (including phenoxy) is 1. The normalized spacial score (nSPS) is 10.2. The molecule has 5 nitrogen and oxygen atoms in total. The molecule has 2 aromatic carbocycles. The Balaban J connectivity index is 2.46.